The quantitative estimate of drug-likeness (QED) is 0.788. The molecular formula is C11H15N5. The first-order valence-electron chi connectivity index (χ1n) is 5.36. The van der Waals surface area contributed by atoms with E-state index in [4.69, 9.17) is 5.73 Å². The van der Waals surface area contributed by atoms with Gasteiger partial charge in [0, 0.05) is 31.6 Å². The van der Waals surface area contributed by atoms with Gasteiger partial charge in [0.25, 0.3) is 0 Å². The molecule has 5 nitrogen and oxygen atoms in total. The lowest BCUT2D eigenvalue weighted by molar-refractivity contribution is 0.589. The van der Waals surface area contributed by atoms with Crippen molar-refractivity contribution in [3.05, 3.63) is 42.0 Å². The van der Waals surface area contributed by atoms with E-state index in [1.165, 1.54) is 5.56 Å². The number of nitrogens with zero attached hydrogens (tertiary/aromatic N) is 4. The number of hydrogen-bond donors (Lipinski definition) is 1. The van der Waals surface area contributed by atoms with Crippen LogP contribution in [0.4, 0.5) is 0 Å². The smallest absolute Gasteiger partial charge is 0.0839 e. The van der Waals surface area contributed by atoms with Gasteiger partial charge in [-0.2, -0.15) is 0 Å². The molecule has 0 radical (unpaired) electrons. The molecule has 0 spiro atoms. The van der Waals surface area contributed by atoms with Gasteiger partial charge in [-0.15, -0.1) is 5.10 Å². The molecule has 0 saturated heterocycles. The van der Waals surface area contributed by atoms with Crippen molar-refractivity contribution in [3.63, 3.8) is 0 Å². The van der Waals surface area contributed by atoms with Crippen molar-refractivity contribution < 1.29 is 0 Å². The SMILES string of the molecule is NCCc1cn(CCc2ccncc2)nn1. The Kier molecular flexibility index (Phi) is 3.61. The van der Waals surface area contributed by atoms with Crippen LogP contribution in [-0.4, -0.2) is 26.5 Å². The summed E-state index contributed by atoms with van der Waals surface area (Å²) in [6, 6.07) is 4.02. The Hall–Kier alpha value is -1.75. The monoisotopic (exact) mass is 217 g/mol. The van der Waals surface area contributed by atoms with Crippen LogP contribution < -0.4 is 5.73 Å². The fraction of sp³-hybridized carbons (Fsp3) is 0.364. The lowest BCUT2D eigenvalue weighted by Gasteiger charge is -1.99. The molecule has 2 aromatic heterocycles. The van der Waals surface area contributed by atoms with Crippen LogP contribution in [0.25, 0.3) is 0 Å². The summed E-state index contributed by atoms with van der Waals surface area (Å²) in [5, 5.41) is 8.08. The molecule has 2 N–H and O–H groups in total. The Morgan fingerprint density at radius 1 is 1.19 bits per heavy atom. The Morgan fingerprint density at radius 2 is 2.00 bits per heavy atom. The van der Waals surface area contributed by atoms with E-state index in [1.54, 1.807) is 12.4 Å². The Labute approximate surface area is 94.3 Å². The third-order valence-electron chi connectivity index (χ3n) is 2.37. The van der Waals surface area contributed by atoms with Gasteiger partial charge in [0.2, 0.25) is 0 Å². The van der Waals surface area contributed by atoms with E-state index in [1.807, 2.05) is 23.0 Å². The van der Waals surface area contributed by atoms with Gasteiger partial charge < -0.3 is 5.73 Å². The van der Waals surface area contributed by atoms with Gasteiger partial charge in [0.15, 0.2) is 0 Å². The molecule has 0 fully saturated rings. The molecule has 0 aliphatic rings. The van der Waals surface area contributed by atoms with E-state index in [2.05, 4.69) is 15.3 Å². The zero-order chi connectivity index (χ0) is 11.2. The molecule has 5 heteroatoms. The molecule has 84 valence electrons. The minimum Gasteiger partial charge on any atom is -0.330 e. The number of aromatic nitrogens is 4. The highest BCUT2D eigenvalue weighted by atomic mass is 15.4. The van der Waals surface area contributed by atoms with E-state index >= 15 is 0 Å². The molecule has 0 saturated carbocycles. The summed E-state index contributed by atoms with van der Waals surface area (Å²) in [6.45, 7) is 1.45. The van der Waals surface area contributed by atoms with Gasteiger partial charge >= 0.3 is 0 Å². The van der Waals surface area contributed by atoms with Crippen molar-refractivity contribution in [3.8, 4) is 0 Å². The lowest BCUT2D eigenvalue weighted by atomic mass is 10.2. The van der Waals surface area contributed by atoms with Crippen molar-refractivity contribution in [1.29, 1.82) is 0 Å². The van der Waals surface area contributed by atoms with E-state index in [-0.39, 0.29) is 0 Å². The van der Waals surface area contributed by atoms with Crippen LogP contribution in [0, 0.1) is 0 Å². The number of pyridine rings is 1. The zero-order valence-corrected chi connectivity index (χ0v) is 9.08. The van der Waals surface area contributed by atoms with E-state index in [0.29, 0.717) is 6.54 Å². The van der Waals surface area contributed by atoms with Crippen molar-refractivity contribution in [2.45, 2.75) is 19.4 Å². The fourth-order valence-electron chi connectivity index (χ4n) is 1.50. The minimum absolute atomic E-state index is 0.614. The van der Waals surface area contributed by atoms with Crippen LogP contribution >= 0.6 is 0 Å². The first-order valence-corrected chi connectivity index (χ1v) is 5.36. The number of aryl methyl sites for hydroxylation is 2. The molecule has 0 aromatic carbocycles. The Balaban J connectivity index is 1.89. The highest BCUT2D eigenvalue weighted by molar-refractivity contribution is 5.09. The van der Waals surface area contributed by atoms with Gasteiger partial charge in [-0.05, 0) is 30.7 Å². The van der Waals surface area contributed by atoms with Crippen LogP contribution in [0.15, 0.2) is 30.7 Å². The standard InChI is InChI=1S/C11H15N5/c12-5-1-11-9-16(15-14-11)8-4-10-2-6-13-7-3-10/h2-3,6-7,9H,1,4-5,8,12H2. The third kappa shape index (κ3) is 2.87. The molecule has 0 aliphatic heterocycles. The normalized spacial score (nSPS) is 10.6. The van der Waals surface area contributed by atoms with Crippen molar-refractivity contribution in [1.82, 2.24) is 20.0 Å². The predicted octanol–water partition coefficient (Wildman–Crippen LogP) is 0.417. The van der Waals surface area contributed by atoms with Crippen LogP contribution in [0.2, 0.25) is 0 Å². The summed E-state index contributed by atoms with van der Waals surface area (Å²) < 4.78 is 1.85. The summed E-state index contributed by atoms with van der Waals surface area (Å²) in [5.74, 6) is 0. The lowest BCUT2D eigenvalue weighted by Crippen LogP contribution is -2.03. The Morgan fingerprint density at radius 3 is 2.75 bits per heavy atom. The molecule has 0 atom stereocenters. The van der Waals surface area contributed by atoms with Gasteiger partial charge in [-0.1, -0.05) is 5.21 Å². The van der Waals surface area contributed by atoms with Crippen molar-refractivity contribution in [2.75, 3.05) is 6.54 Å². The zero-order valence-electron chi connectivity index (χ0n) is 9.08. The van der Waals surface area contributed by atoms with Gasteiger partial charge in [-0.3, -0.25) is 9.67 Å². The van der Waals surface area contributed by atoms with Gasteiger partial charge in [0.05, 0.1) is 5.69 Å². The van der Waals surface area contributed by atoms with Gasteiger partial charge in [-0.25, -0.2) is 0 Å². The van der Waals surface area contributed by atoms with E-state index in [9.17, 15) is 0 Å². The molecule has 2 aromatic rings. The second-order valence-electron chi connectivity index (χ2n) is 3.62. The molecular weight excluding hydrogens is 202 g/mol. The summed E-state index contributed by atoms with van der Waals surface area (Å²) in [7, 11) is 0. The largest absolute Gasteiger partial charge is 0.330 e. The summed E-state index contributed by atoms with van der Waals surface area (Å²) in [5.41, 5.74) is 7.66. The molecule has 2 rings (SSSR count). The van der Waals surface area contributed by atoms with Crippen molar-refractivity contribution in [2.24, 2.45) is 5.73 Å². The van der Waals surface area contributed by atoms with E-state index in [0.717, 1.165) is 25.1 Å². The third-order valence-corrected chi connectivity index (χ3v) is 2.37. The van der Waals surface area contributed by atoms with Crippen molar-refractivity contribution >= 4 is 0 Å². The van der Waals surface area contributed by atoms with E-state index < -0.39 is 0 Å². The topological polar surface area (TPSA) is 69.6 Å². The summed E-state index contributed by atoms with van der Waals surface area (Å²) in [6.07, 6.45) is 7.28. The van der Waals surface area contributed by atoms with Gasteiger partial charge in [0.1, 0.15) is 0 Å². The molecule has 16 heavy (non-hydrogen) atoms. The second kappa shape index (κ2) is 5.37. The molecule has 0 bridgehead atoms. The highest BCUT2D eigenvalue weighted by Gasteiger charge is 1.99. The fourth-order valence-corrected chi connectivity index (χ4v) is 1.50. The number of hydrogen-bond acceptors (Lipinski definition) is 4. The van der Waals surface area contributed by atoms with Crippen LogP contribution in [0.5, 0.6) is 0 Å². The highest BCUT2D eigenvalue weighted by Crippen LogP contribution is 2.00. The molecule has 0 amide bonds. The minimum atomic E-state index is 0.614. The Bertz CT molecular complexity index is 423. The van der Waals surface area contributed by atoms with Crippen LogP contribution in [-0.2, 0) is 19.4 Å². The maximum absolute atomic E-state index is 5.45. The van der Waals surface area contributed by atoms with Crippen LogP contribution in [0.3, 0.4) is 0 Å². The average Bonchev–Trinajstić information content (AvgIpc) is 2.76. The number of nitrogens with two attached hydrogens (primary N) is 1. The second-order valence-corrected chi connectivity index (χ2v) is 3.62. The summed E-state index contributed by atoms with van der Waals surface area (Å²) in [4.78, 5) is 3.98. The number of rotatable bonds is 5. The maximum atomic E-state index is 5.45. The van der Waals surface area contributed by atoms with Crippen LogP contribution in [0.1, 0.15) is 11.3 Å². The summed E-state index contributed by atoms with van der Waals surface area (Å²) >= 11 is 0. The average molecular weight is 217 g/mol. The predicted molar refractivity (Wildman–Crippen MR) is 60.7 cm³/mol. The molecule has 0 unspecified atom stereocenters. The first kappa shape index (κ1) is 10.8. The molecule has 0 aliphatic carbocycles. The first-order chi connectivity index (χ1) is 7.88. The maximum Gasteiger partial charge on any atom is 0.0839 e. The molecule has 2 heterocycles.